The van der Waals surface area contributed by atoms with Gasteiger partial charge in [-0.05, 0) is 63.2 Å². The predicted octanol–water partition coefficient (Wildman–Crippen LogP) is 7.55. The Morgan fingerprint density at radius 2 is 1.26 bits per heavy atom. The first-order chi connectivity index (χ1) is 25.9. The van der Waals surface area contributed by atoms with Crippen LogP contribution in [0, 0.1) is 0 Å². The summed E-state index contributed by atoms with van der Waals surface area (Å²) in [5, 5.41) is 3.11. The smallest absolute Gasteiger partial charge is 0.335 e. The van der Waals surface area contributed by atoms with E-state index >= 15 is 0 Å². The van der Waals surface area contributed by atoms with Gasteiger partial charge in [-0.2, -0.15) is 0 Å². The van der Waals surface area contributed by atoms with Crippen LogP contribution in [0.3, 0.4) is 0 Å². The fraction of sp³-hybridized carbons (Fsp3) is 0.156. The molecule has 8 nitrogen and oxygen atoms in total. The van der Waals surface area contributed by atoms with Gasteiger partial charge in [-0.3, -0.25) is 4.79 Å². The minimum Gasteiger partial charge on any atom is -0.497 e. The summed E-state index contributed by atoms with van der Waals surface area (Å²) in [5.74, 6) is 0.440. The van der Waals surface area contributed by atoms with Gasteiger partial charge in [0.05, 0.1) is 20.3 Å². The van der Waals surface area contributed by atoms with Crippen LogP contribution in [-0.2, 0) is 19.9 Å². The fourth-order valence-electron chi connectivity index (χ4n) is 7.03. The van der Waals surface area contributed by atoms with Crippen molar-refractivity contribution < 1.29 is 28.5 Å². The van der Waals surface area contributed by atoms with E-state index in [1.165, 1.54) is 7.11 Å². The van der Waals surface area contributed by atoms with Gasteiger partial charge in [0.25, 0.3) is 5.91 Å². The molecule has 2 unspecified atom stereocenters. The highest BCUT2D eigenvalue weighted by molar-refractivity contribution is 5.88. The van der Waals surface area contributed by atoms with Crippen molar-refractivity contribution in [2.45, 2.75) is 17.5 Å². The van der Waals surface area contributed by atoms with Gasteiger partial charge in [0.2, 0.25) is 0 Å². The quantitative estimate of drug-likeness (QED) is 0.120. The molecule has 1 aliphatic carbocycles. The molecular weight excluding hydrogens is 665 g/mol. The Hall–Kier alpha value is -6.38. The van der Waals surface area contributed by atoms with Gasteiger partial charge in [0.15, 0.2) is 12.1 Å². The van der Waals surface area contributed by atoms with Crippen molar-refractivity contribution in [3.05, 3.63) is 185 Å². The number of carbonyl (C=O) groups is 2. The molecule has 0 heterocycles. The number of ether oxygens (including phenoxy) is 4. The SMILES string of the molecule is COc1ccc(C(N)(C(=O)OCC2c3ccccc3-c3ccccc32)c2ccc(C(NC(=O)COc3ccccc3)c3ccccc3)cc2)c(OC)c1. The van der Waals surface area contributed by atoms with Gasteiger partial charge < -0.3 is 30.0 Å². The van der Waals surface area contributed by atoms with E-state index in [0.29, 0.717) is 28.4 Å². The van der Waals surface area contributed by atoms with Crippen molar-refractivity contribution >= 4 is 11.9 Å². The average molecular weight is 705 g/mol. The molecule has 266 valence electrons. The number of nitrogens with two attached hydrogens (primary N) is 1. The number of methoxy groups -OCH3 is 2. The summed E-state index contributed by atoms with van der Waals surface area (Å²) in [7, 11) is 3.08. The number of carbonyl (C=O) groups excluding carboxylic acids is 2. The fourth-order valence-corrected chi connectivity index (χ4v) is 7.03. The second kappa shape index (κ2) is 15.5. The van der Waals surface area contributed by atoms with Crippen LogP contribution >= 0.6 is 0 Å². The number of amides is 1. The maximum atomic E-state index is 14.5. The van der Waals surface area contributed by atoms with Crippen molar-refractivity contribution in [2.75, 3.05) is 27.4 Å². The zero-order valence-corrected chi connectivity index (χ0v) is 29.5. The monoisotopic (exact) mass is 704 g/mol. The van der Waals surface area contributed by atoms with Gasteiger partial charge in [0.1, 0.15) is 23.9 Å². The Kier molecular flexibility index (Phi) is 10.2. The van der Waals surface area contributed by atoms with E-state index in [-0.39, 0.29) is 25.0 Å². The zero-order chi connectivity index (χ0) is 36.8. The van der Waals surface area contributed by atoms with Crippen LogP contribution in [-0.4, -0.2) is 39.3 Å². The average Bonchev–Trinajstić information content (AvgIpc) is 3.54. The van der Waals surface area contributed by atoms with Crippen molar-refractivity contribution in [3.8, 4) is 28.4 Å². The first-order valence-corrected chi connectivity index (χ1v) is 17.4. The van der Waals surface area contributed by atoms with Gasteiger partial charge in [-0.1, -0.05) is 121 Å². The highest BCUT2D eigenvalue weighted by Crippen LogP contribution is 2.45. The molecule has 6 aromatic carbocycles. The van der Waals surface area contributed by atoms with E-state index in [0.717, 1.165) is 33.4 Å². The summed E-state index contributed by atoms with van der Waals surface area (Å²) in [6, 6.07) is 47.2. The summed E-state index contributed by atoms with van der Waals surface area (Å²) >= 11 is 0. The summed E-state index contributed by atoms with van der Waals surface area (Å²) < 4.78 is 23.1. The lowest BCUT2D eigenvalue weighted by atomic mass is 9.82. The summed E-state index contributed by atoms with van der Waals surface area (Å²) in [4.78, 5) is 27.7. The summed E-state index contributed by atoms with van der Waals surface area (Å²) in [6.07, 6.45) is 0. The standard InChI is InChI=1S/C45H40N2O6/c1-50-34-25-26-40(41(27-34)51-2)45(46,44(49)53-28-39-37-19-11-9-17-35(37)36-18-10-12-20-38(36)39)32-23-21-31(22-24-32)43(30-13-5-3-6-14-30)47-42(48)29-52-33-15-7-4-8-16-33/h3-27,39,43H,28-29,46H2,1-2H3,(H,47,48). The zero-order valence-electron chi connectivity index (χ0n) is 29.5. The van der Waals surface area contributed by atoms with Crippen LogP contribution in [0.15, 0.2) is 152 Å². The Morgan fingerprint density at radius 3 is 1.89 bits per heavy atom. The van der Waals surface area contributed by atoms with Gasteiger partial charge in [0, 0.05) is 17.5 Å². The van der Waals surface area contributed by atoms with E-state index in [9.17, 15) is 9.59 Å². The van der Waals surface area contributed by atoms with Crippen LogP contribution in [0.2, 0.25) is 0 Å². The highest BCUT2D eigenvalue weighted by atomic mass is 16.5. The van der Waals surface area contributed by atoms with Gasteiger partial charge in [-0.15, -0.1) is 0 Å². The third-order valence-electron chi connectivity index (χ3n) is 9.75. The molecular formula is C45H40N2O6. The first kappa shape index (κ1) is 35.0. The number of hydrogen-bond donors (Lipinski definition) is 2. The van der Waals surface area contributed by atoms with Crippen molar-refractivity contribution in [1.82, 2.24) is 5.32 Å². The Bertz CT molecular complexity index is 2160. The van der Waals surface area contributed by atoms with Crippen molar-refractivity contribution in [1.29, 1.82) is 0 Å². The number of rotatable bonds is 13. The molecule has 7 rings (SSSR count). The molecule has 0 bridgehead atoms. The van der Waals surface area contributed by atoms with Crippen LogP contribution in [0.1, 0.15) is 45.3 Å². The van der Waals surface area contributed by atoms with Crippen molar-refractivity contribution in [3.63, 3.8) is 0 Å². The molecule has 3 N–H and O–H groups in total. The van der Waals surface area contributed by atoms with Crippen LogP contribution in [0.4, 0.5) is 0 Å². The molecule has 0 aromatic heterocycles. The molecule has 8 heteroatoms. The number of fused-ring (bicyclic) bond motifs is 3. The number of benzene rings is 6. The molecule has 0 saturated heterocycles. The van der Waals surface area contributed by atoms with Crippen LogP contribution in [0.5, 0.6) is 17.2 Å². The van der Waals surface area contributed by atoms with Gasteiger partial charge in [-0.25, -0.2) is 4.79 Å². The normalized spacial score (nSPS) is 13.5. The molecule has 2 atom stereocenters. The minimum absolute atomic E-state index is 0.0928. The largest absolute Gasteiger partial charge is 0.497 e. The molecule has 0 saturated carbocycles. The molecule has 6 aromatic rings. The summed E-state index contributed by atoms with van der Waals surface area (Å²) in [5.41, 5.74) is 12.5. The first-order valence-electron chi connectivity index (χ1n) is 17.4. The highest BCUT2D eigenvalue weighted by Gasteiger charge is 2.43. The molecule has 1 amide bonds. The molecule has 0 spiro atoms. The third kappa shape index (κ3) is 7.09. The Balaban J connectivity index is 1.21. The van der Waals surface area contributed by atoms with Gasteiger partial charge >= 0.3 is 5.97 Å². The van der Waals surface area contributed by atoms with Crippen LogP contribution in [0.25, 0.3) is 11.1 Å². The Morgan fingerprint density at radius 1 is 0.679 bits per heavy atom. The maximum Gasteiger partial charge on any atom is 0.335 e. The molecule has 0 radical (unpaired) electrons. The maximum absolute atomic E-state index is 14.5. The van der Waals surface area contributed by atoms with E-state index in [4.69, 9.17) is 24.7 Å². The lowest BCUT2D eigenvalue weighted by molar-refractivity contribution is -0.149. The molecule has 0 fully saturated rings. The van der Waals surface area contributed by atoms with E-state index in [1.54, 1.807) is 49.6 Å². The second-order valence-corrected chi connectivity index (χ2v) is 12.8. The van der Waals surface area contributed by atoms with Crippen LogP contribution < -0.4 is 25.3 Å². The second-order valence-electron chi connectivity index (χ2n) is 12.8. The number of hydrogen-bond acceptors (Lipinski definition) is 7. The summed E-state index contributed by atoms with van der Waals surface area (Å²) in [6.45, 7) is -0.0636. The number of esters is 1. The number of para-hydroxylation sites is 1. The van der Waals surface area contributed by atoms with Crippen molar-refractivity contribution in [2.24, 2.45) is 5.73 Å². The predicted molar refractivity (Wildman–Crippen MR) is 204 cm³/mol. The number of nitrogens with one attached hydrogen (secondary N) is 1. The minimum atomic E-state index is -1.78. The lowest BCUT2D eigenvalue weighted by Crippen LogP contribution is -2.47. The lowest BCUT2D eigenvalue weighted by Gasteiger charge is -2.31. The molecule has 53 heavy (non-hydrogen) atoms. The molecule has 0 aliphatic heterocycles. The third-order valence-corrected chi connectivity index (χ3v) is 9.75. The molecule has 1 aliphatic rings. The Labute approximate surface area is 309 Å². The van der Waals surface area contributed by atoms with E-state index in [1.807, 2.05) is 84.9 Å². The topological polar surface area (TPSA) is 109 Å². The van der Waals surface area contributed by atoms with E-state index < -0.39 is 17.6 Å². The van der Waals surface area contributed by atoms with E-state index in [2.05, 4.69) is 29.6 Å².